The van der Waals surface area contributed by atoms with Gasteiger partial charge >= 0.3 is 0 Å². The fourth-order valence-electron chi connectivity index (χ4n) is 1.90. The van der Waals surface area contributed by atoms with Gasteiger partial charge in [0.15, 0.2) is 11.5 Å². The highest BCUT2D eigenvalue weighted by molar-refractivity contribution is 9.10. The molecule has 0 amide bonds. The summed E-state index contributed by atoms with van der Waals surface area (Å²) in [4.78, 5) is 0. The molecule has 0 radical (unpaired) electrons. The maximum absolute atomic E-state index is 5.95. The normalized spacial score (nSPS) is 16.4. The second-order valence-electron chi connectivity index (χ2n) is 4.99. The second-order valence-corrected chi connectivity index (χ2v) is 5.85. The van der Waals surface area contributed by atoms with Gasteiger partial charge in [-0.05, 0) is 44.2 Å². The van der Waals surface area contributed by atoms with E-state index in [0.717, 1.165) is 40.5 Å². The fraction of sp³-hybridized carbons (Fsp3) is 0.571. The molecule has 0 spiro atoms. The van der Waals surface area contributed by atoms with Crippen LogP contribution in [0.15, 0.2) is 16.6 Å². The molecule has 100 valence electrons. The first kappa shape index (κ1) is 13.7. The summed E-state index contributed by atoms with van der Waals surface area (Å²) in [6.45, 7) is 2.77. The number of methoxy groups -OCH3 is 1. The van der Waals surface area contributed by atoms with Gasteiger partial charge in [0.2, 0.25) is 0 Å². The lowest BCUT2D eigenvalue weighted by Gasteiger charge is -2.17. The van der Waals surface area contributed by atoms with Gasteiger partial charge in [-0.1, -0.05) is 15.9 Å². The minimum atomic E-state index is 0.0941. The van der Waals surface area contributed by atoms with Crippen LogP contribution in [0.2, 0.25) is 0 Å². The van der Waals surface area contributed by atoms with Crippen molar-refractivity contribution in [2.45, 2.75) is 32.2 Å². The first-order valence-corrected chi connectivity index (χ1v) is 7.15. The standard InChI is InChI=1S/C14H20BrNO2/c1-9(16)7-11-12(15)5-6-13(17-2)14(11)18-8-10-3-4-10/h5-6,9-10H,3-4,7-8,16H2,1-2H3. The topological polar surface area (TPSA) is 44.5 Å². The minimum Gasteiger partial charge on any atom is -0.493 e. The minimum absolute atomic E-state index is 0.0941. The van der Waals surface area contributed by atoms with Crippen molar-refractivity contribution in [3.8, 4) is 11.5 Å². The Labute approximate surface area is 117 Å². The monoisotopic (exact) mass is 313 g/mol. The van der Waals surface area contributed by atoms with Gasteiger partial charge in [0, 0.05) is 16.1 Å². The average Bonchev–Trinajstić information content (AvgIpc) is 3.13. The summed E-state index contributed by atoms with van der Waals surface area (Å²) in [5, 5.41) is 0. The molecule has 1 aromatic carbocycles. The smallest absolute Gasteiger partial charge is 0.165 e. The molecule has 18 heavy (non-hydrogen) atoms. The third kappa shape index (κ3) is 3.39. The predicted octanol–water partition coefficient (Wildman–Crippen LogP) is 3.14. The van der Waals surface area contributed by atoms with Crippen LogP contribution in [0.4, 0.5) is 0 Å². The van der Waals surface area contributed by atoms with E-state index in [2.05, 4.69) is 15.9 Å². The van der Waals surface area contributed by atoms with Gasteiger partial charge in [-0.15, -0.1) is 0 Å². The summed E-state index contributed by atoms with van der Waals surface area (Å²) in [6, 6.07) is 4.01. The number of ether oxygens (including phenoxy) is 2. The Kier molecular flexibility index (Phi) is 4.51. The summed E-state index contributed by atoms with van der Waals surface area (Å²) in [7, 11) is 1.67. The molecule has 1 aliphatic carbocycles. The van der Waals surface area contributed by atoms with Gasteiger partial charge in [-0.3, -0.25) is 0 Å². The lowest BCUT2D eigenvalue weighted by molar-refractivity contribution is 0.277. The van der Waals surface area contributed by atoms with Crippen LogP contribution in [0, 0.1) is 5.92 Å². The van der Waals surface area contributed by atoms with E-state index >= 15 is 0 Å². The zero-order valence-electron chi connectivity index (χ0n) is 10.9. The number of hydrogen-bond acceptors (Lipinski definition) is 3. The Morgan fingerprint density at radius 1 is 1.44 bits per heavy atom. The number of halogens is 1. The zero-order valence-corrected chi connectivity index (χ0v) is 12.5. The van der Waals surface area contributed by atoms with Crippen molar-refractivity contribution >= 4 is 15.9 Å². The van der Waals surface area contributed by atoms with Crippen LogP contribution >= 0.6 is 15.9 Å². The maximum atomic E-state index is 5.95. The Bertz CT molecular complexity index is 417. The molecule has 1 fully saturated rings. The quantitative estimate of drug-likeness (QED) is 0.877. The van der Waals surface area contributed by atoms with Crippen LogP contribution < -0.4 is 15.2 Å². The van der Waals surface area contributed by atoms with Gasteiger partial charge in [0.1, 0.15) is 0 Å². The lowest BCUT2D eigenvalue weighted by atomic mass is 10.1. The Balaban J connectivity index is 2.26. The molecular formula is C14H20BrNO2. The molecule has 2 rings (SSSR count). The molecule has 1 saturated carbocycles. The van der Waals surface area contributed by atoms with E-state index in [-0.39, 0.29) is 6.04 Å². The van der Waals surface area contributed by atoms with E-state index < -0.39 is 0 Å². The summed E-state index contributed by atoms with van der Waals surface area (Å²) >= 11 is 3.57. The molecule has 0 aromatic heterocycles. The van der Waals surface area contributed by atoms with E-state index in [1.54, 1.807) is 7.11 Å². The van der Waals surface area contributed by atoms with Crippen LogP contribution in [0.25, 0.3) is 0 Å². The van der Waals surface area contributed by atoms with Crippen molar-refractivity contribution in [1.82, 2.24) is 0 Å². The Morgan fingerprint density at radius 3 is 2.72 bits per heavy atom. The van der Waals surface area contributed by atoms with E-state index in [1.165, 1.54) is 12.8 Å². The van der Waals surface area contributed by atoms with Crippen LogP contribution in [0.3, 0.4) is 0 Å². The molecule has 3 nitrogen and oxygen atoms in total. The molecule has 2 N–H and O–H groups in total. The molecule has 0 bridgehead atoms. The molecule has 0 aliphatic heterocycles. The Hall–Kier alpha value is -0.740. The molecule has 0 heterocycles. The van der Waals surface area contributed by atoms with E-state index in [9.17, 15) is 0 Å². The lowest BCUT2D eigenvalue weighted by Crippen LogP contribution is -2.19. The number of hydrogen-bond donors (Lipinski definition) is 1. The predicted molar refractivity (Wildman–Crippen MR) is 76.3 cm³/mol. The number of nitrogens with two attached hydrogens (primary N) is 1. The highest BCUT2D eigenvalue weighted by atomic mass is 79.9. The molecule has 1 atom stereocenters. The van der Waals surface area contributed by atoms with Gasteiger partial charge in [-0.2, -0.15) is 0 Å². The van der Waals surface area contributed by atoms with Crippen LogP contribution in [-0.4, -0.2) is 19.8 Å². The first-order valence-electron chi connectivity index (χ1n) is 6.35. The van der Waals surface area contributed by atoms with E-state index in [4.69, 9.17) is 15.2 Å². The summed E-state index contributed by atoms with van der Waals surface area (Å²) in [6.07, 6.45) is 3.33. The highest BCUT2D eigenvalue weighted by Crippen LogP contribution is 2.38. The van der Waals surface area contributed by atoms with Gasteiger partial charge in [0.25, 0.3) is 0 Å². The number of rotatable bonds is 6. The summed E-state index contributed by atoms with van der Waals surface area (Å²) in [5.41, 5.74) is 7.01. The van der Waals surface area contributed by atoms with Crippen molar-refractivity contribution in [2.75, 3.05) is 13.7 Å². The Morgan fingerprint density at radius 2 is 2.17 bits per heavy atom. The molecule has 1 aliphatic rings. The van der Waals surface area contributed by atoms with E-state index in [1.807, 2.05) is 19.1 Å². The third-order valence-corrected chi connectivity index (χ3v) is 3.82. The average molecular weight is 314 g/mol. The third-order valence-electron chi connectivity index (χ3n) is 3.07. The maximum Gasteiger partial charge on any atom is 0.165 e. The van der Waals surface area contributed by atoms with Crippen LogP contribution in [0.1, 0.15) is 25.3 Å². The van der Waals surface area contributed by atoms with Gasteiger partial charge in [0.05, 0.1) is 13.7 Å². The number of benzene rings is 1. The largest absolute Gasteiger partial charge is 0.493 e. The molecule has 1 unspecified atom stereocenters. The molecule has 0 saturated heterocycles. The van der Waals surface area contributed by atoms with Crippen molar-refractivity contribution in [3.63, 3.8) is 0 Å². The van der Waals surface area contributed by atoms with Gasteiger partial charge in [-0.25, -0.2) is 0 Å². The molecule has 1 aromatic rings. The van der Waals surface area contributed by atoms with Crippen molar-refractivity contribution in [2.24, 2.45) is 11.7 Å². The van der Waals surface area contributed by atoms with Crippen molar-refractivity contribution < 1.29 is 9.47 Å². The second kappa shape index (κ2) is 5.93. The van der Waals surface area contributed by atoms with Crippen molar-refractivity contribution in [3.05, 3.63) is 22.2 Å². The zero-order chi connectivity index (χ0) is 13.1. The first-order chi connectivity index (χ1) is 8.61. The summed E-state index contributed by atoms with van der Waals surface area (Å²) in [5.74, 6) is 2.35. The molecular weight excluding hydrogens is 294 g/mol. The van der Waals surface area contributed by atoms with Crippen LogP contribution in [0.5, 0.6) is 11.5 Å². The van der Waals surface area contributed by atoms with Crippen molar-refractivity contribution in [1.29, 1.82) is 0 Å². The fourth-order valence-corrected chi connectivity index (χ4v) is 2.37. The van der Waals surface area contributed by atoms with E-state index in [0.29, 0.717) is 0 Å². The summed E-state index contributed by atoms with van der Waals surface area (Å²) < 4.78 is 12.4. The highest BCUT2D eigenvalue weighted by Gasteiger charge is 2.24. The van der Waals surface area contributed by atoms with Crippen LogP contribution in [-0.2, 0) is 6.42 Å². The SMILES string of the molecule is COc1ccc(Br)c(CC(C)N)c1OCC1CC1. The molecule has 4 heteroatoms. The van der Waals surface area contributed by atoms with Gasteiger partial charge < -0.3 is 15.2 Å².